The van der Waals surface area contributed by atoms with Crippen LogP contribution in [0.15, 0.2) is 18.2 Å². The van der Waals surface area contributed by atoms with Crippen LogP contribution >= 0.6 is 0 Å². The minimum atomic E-state index is -0.394. The normalized spacial score (nSPS) is 24.4. The van der Waals surface area contributed by atoms with Crippen molar-refractivity contribution in [3.05, 3.63) is 23.8 Å². The number of ether oxygens (including phenoxy) is 3. The summed E-state index contributed by atoms with van der Waals surface area (Å²) in [5, 5.41) is 10.0. The lowest BCUT2D eigenvalue weighted by Crippen LogP contribution is -2.35. The molecule has 1 aromatic carbocycles. The van der Waals surface area contributed by atoms with Gasteiger partial charge in [0, 0.05) is 11.8 Å². The fraction of sp³-hybridized carbons (Fsp3) is 0.579. The van der Waals surface area contributed by atoms with Crippen LogP contribution in [-0.2, 0) is 9.47 Å². The number of hydrogen-bond acceptors (Lipinski definition) is 5. The highest BCUT2D eigenvalue weighted by Gasteiger charge is 2.29. The van der Waals surface area contributed by atoms with E-state index in [9.17, 15) is 4.79 Å². The molecule has 0 radical (unpaired) electrons. The standard InChI is InChI=1S/C19H27N3O4/c20-19(21)22-13-8-9-14-17(12-13)25-11-10-24-15-6-4-2-1-3-5-7-16(15)26-18(14)23/h8-9,12,15-16H,1-7,10-11H2,(H4,20,21,22). The number of carbonyl (C=O) groups excluding carboxylic acids is 1. The van der Waals surface area contributed by atoms with Crippen LogP contribution in [-0.4, -0.2) is 37.4 Å². The Morgan fingerprint density at radius 1 is 1.08 bits per heavy atom. The molecule has 7 heteroatoms. The van der Waals surface area contributed by atoms with Crippen molar-refractivity contribution in [3.63, 3.8) is 0 Å². The Kier molecular flexibility index (Phi) is 6.33. The van der Waals surface area contributed by atoms with Crippen LogP contribution in [0, 0.1) is 5.41 Å². The zero-order chi connectivity index (χ0) is 18.4. The minimum Gasteiger partial charge on any atom is -0.490 e. The average Bonchev–Trinajstić information content (AvgIpc) is 2.71. The Balaban J connectivity index is 1.82. The third-order valence-corrected chi connectivity index (χ3v) is 4.80. The number of guanidine groups is 1. The molecule has 1 aliphatic carbocycles. The molecule has 3 rings (SSSR count). The van der Waals surface area contributed by atoms with Crippen molar-refractivity contribution in [1.29, 1.82) is 5.41 Å². The molecule has 1 aliphatic heterocycles. The van der Waals surface area contributed by atoms with Crippen LogP contribution in [0.2, 0.25) is 0 Å². The maximum Gasteiger partial charge on any atom is 0.342 e. The second kappa shape index (κ2) is 8.89. The summed E-state index contributed by atoms with van der Waals surface area (Å²) in [7, 11) is 0. The lowest BCUT2D eigenvalue weighted by atomic mass is 10.0. The van der Waals surface area contributed by atoms with Crippen LogP contribution in [0.25, 0.3) is 0 Å². The summed E-state index contributed by atoms with van der Waals surface area (Å²) in [6.07, 6.45) is 7.18. The van der Waals surface area contributed by atoms with Crippen LogP contribution in [0.1, 0.15) is 55.3 Å². The highest BCUT2D eigenvalue weighted by Crippen LogP contribution is 2.28. The second-order valence-electron chi connectivity index (χ2n) is 6.80. The fourth-order valence-corrected chi connectivity index (χ4v) is 3.51. The summed E-state index contributed by atoms with van der Waals surface area (Å²) in [4.78, 5) is 12.8. The molecule has 0 saturated heterocycles. The first-order chi connectivity index (χ1) is 12.6. The van der Waals surface area contributed by atoms with Gasteiger partial charge in [-0.15, -0.1) is 0 Å². The maximum absolute atomic E-state index is 12.8. The summed E-state index contributed by atoms with van der Waals surface area (Å²) >= 11 is 0. The number of benzene rings is 1. The molecule has 2 aliphatic rings. The molecule has 7 nitrogen and oxygen atoms in total. The van der Waals surface area contributed by atoms with Crippen molar-refractivity contribution >= 4 is 17.6 Å². The van der Waals surface area contributed by atoms with Crippen molar-refractivity contribution in [2.75, 3.05) is 18.5 Å². The minimum absolute atomic E-state index is 0.0687. The molecule has 0 amide bonds. The molecular formula is C19H27N3O4. The fourth-order valence-electron chi connectivity index (χ4n) is 3.51. The number of hydrogen-bond donors (Lipinski definition) is 3. The third-order valence-electron chi connectivity index (χ3n) is 4.80. The van der Waals surface area contributed by atoms with Gasteiger partial charge in [0.1, 0.15) is 24.0 Å². The van der Waals surface area contributed by atoms with E-state index in [0.29, 0.717) is 30.2 Å². The molecule has 1 aromatic rings. The van der Waals surface area contributed by atoms with Gasteiger partial charge in [0.15, 0.2) is 5.96 Å². The highest BCUT2D eigenvalue weighted by atomic mass is 16.6. The average molecular weight is 361 g/mol. The van der Waals surface area contributed by atoms with Gasteiger partial charge in [0.05, 0.1) is 12.7 Å². The Hall–Kier alpha value is -2.28. The molecule has 0 bridgehead atoms. The molecule has 142 valence electrons. The topological polar surface area (TPSA) is 107 Å². The van der Waals surface area contributed by atoms with Gasteiger partial charge in [0.2, 0.25) is 0 Å². The van der Waals surface area contributed by atoms with Crippen molar-refractivity contribution < 1.29 is 19.0 Å². The number of nitrogens with two attached hydrogens (primary N) is 1. The van der Waals surface area contributed by atoms with Gasteiger partial charge < -0.3 is 25.3 Å². The quantitative estimate of drug-likeness (QED) is 0.403. The molecular weight excluding hydrogens is 334 g/mol. The van der Waals surface area contributed by atoms with E-state index in [0.717, 1.165) is 25.7 Å². The number of carbonyl (C=O) groups is 1. The molecule has 1 fully saturated rings. The van der Waals surface area contributed by atoms with E-state index in [1.165, 1.54) is 19.3 Å². The molecule has 1 saturated carbocycles. The van der Waals surface area contributed by atoms with E-state index in [1.54, 1.807) is 18.2 Å². The SMILES string of the molecule is N=C(N)Nc1ccc2c(c1)OCCOC1CCCCCCCC1OC2=O. The summed E-state index contributed by atoms with van der Waals surface area (Å²) in [5.74, 6) is -0.162. The van der Waals surface area contributed by atoms with Crippen molar-refractivity contribution in [2.45, 2.75) is 57.2 Å². The summed E-state index contributed by atoms with van der Waals surface area (Å²) in [6.45, 7) is 0.801. The molecule has 2 unspecified atom stereocenters. The van der Waals surface area contributed by atoms with Gasteiger partial charge >= 0.3 is 5.97 Å². The maximum atomic E-state index is 12.8. The van der Waals surface area contributed by atoms with E-state index in [4.69, 9.17) is 25.4 Å². The Bertz CT molecular complexity index is 650. The first-order valence-corrected chi connectivity index (χ1v) is 9.34. The predicted octanol–water partition coefficient (Wildman–Crippen LogP) is 3.04. The molecule has 0 spiro atoms. The van der Waals surface area contributed by atoms with Crippen LogP contribution in [0.3, 0.4) is 0 Å². The predicted molar refractivity (Wildman–Crippen MR) is 98.7 cm³/mol. The van der Waals surface area contributed by atoms with Gasteiger partial charge in [-0.1, -0.05) is 25.7 Å². The number of esters is 1. The smallest absolute Gasteiger partial charge is 0.342 e. The molecule has 0 aromatic heterocycles. The van der Waals surface area contributed by atoms with Crippen LogP contribution in [0.5, 0.6) is 5.75 Å². The lowest BCUT2D eigenvalue weighted by Gasteiger charge is -2.28. The zero-order valence-electron chi connectivity index (χ0n) is 15.0. The zero-order valence-corrected chi connectivity index (χ0v) is 15.0. The largest absolute Gasteiger partial charge is 0.490 e. The van der Waals surface area contributed by atoms with Gasteiger partial charge in [-0.2, -0.15) is 0 Å². The van der Waals surface area contributed by atoms with Crippen LogP contribution < -0.4 is 15.8 Å². The van der Waals surface area contributed by atoms with Crippen molar-refractivity contribution in [1.82, 2.24) is 0 Å². The van der Waals surface area contributed by atoms with Crippen molar-refractivity contribution in [2.24, 2.45) is 5.73 Å². The van der Waals surface area contributed by atoms with Gasteiger partial charge in [0.25, 0.3) is 0 Å². The Morgan fingerprint density at radius 2 is 1.81 bits per heavy atom. The summed E-state index contributed by atoms with van der Waals surface area (Å²) in [5.41, 5.74) is 6.34. The number of fused-ring (bicyclic) bond motifs is 2. The molecule has 4 N–H and O–H groups in total. The first kappa shape index (κ1) is 18.5. The van der Waals surface area contributed by atoms with E-state index >= 15 is 0 Å². The Morgan fingerprint density at radius 3 is 2.58 bits per heavy atom. The van der Waals surface area contributed by atoms with Gasteiger partial charge in [-0.3, -0.25) is 5.41 Å². The Labute approximate surface area is 153 Å². The molecule has 2 atom stereocenters. The van der Waals surface area contributed by atoms with E-state index in [2.05, 4.69) is 5.32 Å². The van der Waals surface area contributed by atoms with Gasteiger partial charge in [-0.25, -0.2) is 4.79 Å². The molecule has 26 heavy (non-hydrogen) atoms. The number of rotatable bonds is 1. The third kappa shape index (κ3) is 4.88. The van der Waals surface area contributed by atoms with Gasteiger partial charge in [-0.05, 0) is 31.4 Å². The number of nitrogens with one attached hydrogen (secondary N) is 2. The lowest BCUT2D eigenvalue weighted by molar-refractivity contribution is -0.0672. The van der Waals surface area contributed by atoms with E-state index in [-0.39, 0.29) is 18.2 Å². The van der Waals surface area contributed by atoms with E-state index in [1.807, 2.05) is 0 Å². The van der Waals surface area contributed by atoms with E-state index < -0.39 is 5.97 Å². The highest BCUT2D eigenvalue weighted by molar-refractivity contribution is 5.95. The second-order valence-corrected chi connectivity index (χ2v) is 6.80. The van der Waals surface area contributed by atoms with Crippen molar-refractivity contribution in [3.8, 4) is 5.75 Å². The number of anilines is 1. The summed E-state index contributed by atoms with van der Waals surface area (Å²) in [6, 6.07) is 4.99. The molecule has 1 heterocycles. The van der Waals surface area contributed by atoms with Crippen LogP contribution in [0.4, 0.5) is 5.69 Å². The first-order valence-electron chi connectivity index (χ1n) is 9.34. The monoisotopic (exact) mass is 361 g/mol. The summed E-state index contributed by atoms with van der Waals surface area (Å²) < 4.78 is 17.6.